The maximum atomic E-state index is 12.1. The predicted octanol–water partition coefficient (Wildman–Crippen LogP) is 3.20. The molecule has 0 spiro atoms. The van der Waals surface area contributed by atoms with Gasteiger partial charge in [-0.05, 0) is 12.8 Å². The van der Waals surface area contributed by atoms with Gasteiger partial charge in [0.1, 0.15) is 5.01 Å². The molecule has 1 aromatic heterocycles. The van der Waals surface area contributed by atoms with E-state index in [1.165, 1.54) is 0 Å². The first kappa shape index (κ1) is 19.5. The minimum Gasteiger partial charge on any atom is -0.357 e. The van der Waals surface area contributed by atoms with E-state index in [4.69, 9.17) is 0 Å². The number of thiazole rings is 1. The molecule has 0 unspecified atom stereocenters. The van der Waals surface area contributed by atoms with Gasteiger partial charge in [0.2, 0.25) is 0 Å². The normalized spacial score (nSPS) is 11.7. The van der Waals surface area contributed by atoms with Crippen LogP contribution in [0.1, 0.15) is 37.4 Å². The van der Waals surface area contributed by atoms with Crippen LogP contribution in [0.2, 0.25) is 0 Å². The molecular formula is C12H21F2IN4S. The first-order chi connectivity index (χ1) is 9.02. The lowest BCUT2D eigenvalue weighted by Gasteiger charge is -2.10. The van der Waals surface area contributed by atoms with E-state index in [-0.39, 0.29) is 24.0 Å². The average molecular weight is 418 g/mol. The van der Waals surface area contributed by atoms with Crippen molar-refractivity contribution in [2.24, 2.45) is 4.99 Å². The molecule has 0 radical (unpaired) electrons. The second-order valence-corrected chi connectivity index (χ2v) is 5.23. The van der Waals surface area contributed by atoms with Crippen LogP contribution in [0.5, 0.6) is 0 Å². The summed E-state index contributed by atoms with van der Waals surface area (Å²) in [6, 6.07) is 0. The van der Waals surface area contributed by atoms with Gasteiger partial charge in [-0.2, -0.15) is 0 Å². The summed E-state index contributed by atoms with van der Waals surface area (Å²) in [6.45, 7) is 6.67. The van der Waals surface area contributed by atoms with Crippen molar-refractivity contribution >= 4 is 41.3 Å². The Hall–Kier alpha value is -0.510. The molecule has 0 fully saturated rings. The lowest BCUT2D eigenvalue weighted by atomic mass is 10.2. The average Bonchev–Trinajstić information content (AvgIpc) is 2.81. The van der Waals surface area contributed by atoms with Gasteiger partial charge in [0.25, 0.3) is 6.43 Å². The number of guanidine groups is 1. The van der Waals surface area contributed by atoms with Crippen molar-refractivity contribution in [3.8, 4) is 0 Å². The molecule has 1 aromatic rings. The minimum atomic E-state index is -2.39. The number of hydrogen-bond donors (Lipinski definition) is 2. The molecule has 0 amide bonds. The Balaban J connectivity index is 0.00000361. The lowest BCUT2D eigenvalue weighted by molar-refractivity contribution is 0.152. The second kappa shape index (κ2) is 10.3. The first-order valence-electron chi connectivity index (χ1n) is 6.27. The van der Waals surface area contributed by atoms with E-state index < -0.39 is 13.0 Å². The first-order valence-corrected chi connectivity index (χ1v) is 7.15. The Morgan fingerprint density at radius 1 is 1.40 bits per heavy atom. The fourth-order valence-electron chi connectivity index (χ4n) is 1.33. The summed E-state index contributed by atoms with van der Waals surface area (Å²) < 4.78 is 24.3. The highest BCUT2D eigenvalue weighted by Crippen LogP contribution is 2.18. The van der Waals surface area contributed by atoms with Crippen molar-refractivity contribution in [1.82, 2.24) is 15.6 Å². The predicted molar refractivity (Wildman–Crippen MR) is 90.4 cm³/mol. The monoisotopic (exact) mass is 418 g/mol. The van der Waals surface area contributed by atoms with E-state index >= 15 is 0 Å². The molecule has 0 aliphatic heterocycles. The number of hydrogen-bond acceptors (Lipinski definition) is 3. The van der Waals surface area contributed by atoms with Crippen LogP contribution in [0.3, 0.4) is 0 Å². The summed E-state index contributed by atoms with van der Waals surface area (Å²) in [7, 11) is 0. The van der Waals surface area contributed by atoms with Gasteiger partial charge < -0.3 is 10.6 Å². The third-order valence-electron chi connectivity index (χ3n) is 2.30. The van der Waals surface area contributed by atoms with Gasteiger partial charge in [-0.3, -0.25) is 0 Å². The molecule has 0 saturated heterocycles. The lowest BCUT2D eigenvalue weighted by Crippen LogP contribution is -2.39. The number of nitrogens with one attached hydrogen (secondary N) is 2. The van der Waals surface area contributed by atoms with E-state index in [1.807, 2.05) is 12.3 Å². The minimum absolute atomic E-state index is 0. The Kier molecular flexibility index (Phi) is 9.99. The van der Waals surface area contributed by atoms with Crippen LogP contribution in [0.4, 0.5) is 8.78 Å². The van der Waals surface area contributed by atoms with E-state index in [0.29, 0.717) is 25.0 Å². The SMILES string of the molecule is CCNC(=NCc1nc(C(C)C)cs1)NCC(F)F.I. The molecule has 0 bridgehead atoms. The van der Waals surface area contributed by atoms with Crippen molar-refractivity contribution in [2.45, 2.75) is 39.7 Å². The standard InChI is InChI=1S/C12H20F2N4S.HI/c1-4-15-12(16-5-10(13)14)17-6-11-18-9(7-19-11)8(2)3;/h7-8,10H,4-6H2,1-3H3,(H2,15,16,17);1H. The fraction of sp³-hybridized carbons (Fsp3) is 0.667. The highest BCUT2D eigenvalue weighted by Gasteiger charge is 2.07. The van der Waals surface area contributed by atoms with Crippen molar-refractivity contribution in [3.05, 3.63) is 16.1 Å². The van der Waals surface area contributed by atoms with Crippen molar-refractivity contribution < 1.29 is 8.78 Å². The molecule has 0 aliphatic carbocycles. The molecule has 1 rings (SSSR count). The van der Waals surface area contributed by atoms with Gasteiger partial charge in [0.05, 0.1) is 18.8 Å². The molecule has 4 nitrogen and oxygen atoms in total. The van der Waals surface area contributed by atoms with E-state index in [0.717, 1.165) is 10.7 Å². The summed E-state index contributed by atoms with van der Waals surface area (Å²) in [5.41, 5.74) is 1.04. The molecule has 1 heterocycles. The Morgan fingerprint density at radius 3 is 2.60 bits per heavy atom. The summed E-state index contributed by atoms with van der Waals surface area (Å²) in [4.78, 5) is 8.68. The molecule has 0 atom stereocenters. The largest absolute Gasteiger partial charge is 0.357 e. The number of aromatic nitrogens is 1. The Morgan fingerprint density at radius 2 is 2.10 bits per heavy atom. The number of nitrogens with zero attached hydrogens (tertiary/aromatic N) is 2. The Labute approximate surface area is 139 Å². The molecule has 0 aliphatic rings. The van der Waals surface area contributed by atoms with Crippen LogP contribution in [-0.4, -0.2) is 30.5 Å². The van der Waals surface area contributed by atoms with E-state index in [1.54, 1.807) is 11.3 Å². The summed E-state index contributed by atoms with van der Waals surface area (Å²) >= 11 is 1.54. The number of aliphatic imine (C=N–C) groups is 1. The smallest absolute Gasteiger partial charge is 0.255 e. The Bertz CT molecular complexity index is 410. The zero-order chi connectivity index (χ0) is 14.3. The van der Waals surface area contributed by atoms with E-state index in [2.05, 4.69) is 34.5 Å². The molecule has 0 aromatic carbocycles. The summed E-state index contributed by atoms with van der Waals surface area (Å²) in [5, 5.41) is 8.40. The van der Waals surface area contributed by atoms with Gasteiger partial charge in [0, 0.05) is 11.9 Å². The molecule has 8 heteroatoms. The van der Waals surface area contributed by atoms with Crippen molar-refractivity contribution in [3.63, 3.8) is 0 Å². The van der Waals surface area contributed by atoms with Gasteiger partial charge in [0.15, 0.2) is 5.96 Å². The maximum absolute atomic E-state index is 12.1. The molecule has 116 valence electrons. The van der Waals surface area contributed by atoms with E-state index in [9.17, 15) is 8.78 Å². The highest BCUT2D eigenvalue weighted by atomic mass is 127. The molecular weight excluding hydrogens is 397 g/mol. The van der Waals surface area contributed by atoms with Gasteiger partial charge in [-0.15, -0.1) is 35.3 Å². The van der Waals surface area contributed by atoms with Crippen LogP contribution in [0, 0.1) is 0 Å². The van der Waals surface area contributed by atoms with Gasteiger partial charge >= 0.3 is 0 Å². The van der Waals surface area contributed by atoms with Crippen LogP contribution in [-0.2, 0) is 6.54 Å². The van der Waals surface area contributed by atoms with Crippen molar-refractivity contribution in [1.29, 1.82) is 0 Å². The van der Waals surface area contributed by atoms with Crippen LogP contribution >= 0.6 is 35.3 Å². The molecule has 20 heavy (non-hydrogen) atoms. The number of halogens is 3. The van der Waals surface area contributed by atoms with Crippen LogP contribution in [0.15, 0.2) is 10.4 Å². The van der Waals surface area contributed by atoms with Gasteiger partial charge in [-0.25, -0.2) is 18.8 Å². The topological polar surface area (TPSA) is 49.3 Å². The fourth-order valence-corrected chi connectivity index (χ4v) is 2.20. The highest BCUT2D eigenvalue weighted by molar-refractivity contribution is 14.0. The summed E-state index contributed by atoms with van der Waals surface area (Å²) in [5.74, 6) is 0.781. The van der Waals surface area contributed by atoms with Crippen molar-refractivity contribution in [2.75, 3.05) is 13.1 Å². The molecule has 0 saturated carbocycles. The van der Waals surface area contributed by atoms with Crippen LogP contribution in [0.25, 0.3) is 0 Å². The second-order valence-electron chi connectivity index (χ2n) is 4.29. The summed E-state index contributed by atoms with van der Waals surface area (Å²) in [6.07, 6.45) is -2.39. The quantitative estimate of drug-likeness (QED) is 0.424. The number of rotatable bonds is 6. The third kappa shape index (κ3) is 7.32. The zero-order valence-corrected chi connectivity index (χ0v) is 15.0. The van der Waals surface area contributed by atoms with Crippen LogP contribution < -0.4 is 10.6 Å². The number of alkyl halides is 2. The maximum Gasteiger partial charge on any atom is 0.255 e. The zero-order valence-electron chi connectivity index (χ0n) is 11.8. The third-order valence-corrected chi connectivity index (χ3v) is 3.15. The molecule has 2 N–H and O–H groups in total. The van der Waals surface area contributed by atoms with Gasteiger partial charge in [-0.1, -0.05) is 13.8 Å².